The molecule has 1 aliphatic carbocycles. The van der Waals surface area contributed by atoms with Crippen LogP contribution in [0.2, 0.25) is 0 Å². The second-order valence-electron chi connectivity index (χ2n) is 5.41. The van der Waals surface area contributed by atoms with E-state index in [1.807, 2.05) is 14.0 Å². The molecule has 1 atom stereocenters. The van der Waals surface area contributed by atoms with Gasteiger partial charge in [-0.1, -0.05) is 6.92 Å². The summed E-state index contributed by atoms with van der Waals surface area (Å²) in [5.74, 6) is 0.944. The summed E-state index contributed by atoms with van der Waals surface area (Å²) in [6, 6.07) is 4.30. The summed E-state index contributed by atoms with van der Waals surface area (Å²) in [6.45, 7) is 2.40. The Hall–Kier alpha value is -1.51. The summed E-state index contributed by atoms with van der Waals surface area (Å²) < 4.78 is 5.81. The Morgan fingerprint density at radius 3 is 2.61 bits per heavy atom. The molecule has 0 N–H and O–H groups in total. The van der Waals surface area contributed by atoms with Crippen LogP contribution in [0.3, 0.4) is 0 Å². The first-order chi connectivity index (χ1) is 8.66. The molecule has 0 spiro atoms. The van der Waals surface area contributed by atoms with Gasteiger partial charge in [0.2, 0.25) is 5.91 Å². The van der Waals surface area contributed by atoms with Crippen molar-refractivity contribution in [1.29, 1.82) is 0 Å². The van der Waals surface area contributed by atoms with Crippen LogP contribution in [0, 0.1) is 5.92 Å². The molecule has 0 fully saturated rings. The molecule has 0 bridgehead atoms. The van der Waals surface area contributed by atoms with Crippen molar-refractivity contribution in [2.24, 2.45) is 5.92 Å². The zero-order chi connectivity index (χ0) is 12.7. The highest BCUT2D eigenvalue weighted by Crippen LogP contribution is 2.36. The smallest absolute Gasteiger partial charge is 0.233 e. The Bertz CT molecular complexity index is 496. The van der Waals surface area contributed by atoms with Gasteiger partial charge in [0.05, 0.1) is 18.2 Å². The van der Waals surface area contributed by atoms with E-state index in [0.717, 1.165) is 24.3 Å². The third-order valence-corrected chi connectivity index (χ3v) is 4.03. The second kappa shape index (κ2) is 4.30. The van der Waals surface area contributed by atoms with Gasteiger partial charge in [-0.05, 0) is 48.9 Å². The van der Waals surface area contributed by atoms with Crippen molar-refractivity contribution in [2.75, 3.05) is 18.6 Å². The van der Waals surface area contributed by atoms with Crippen LogP contribution >= 0.6 is 0 Å². The number of nitrogens with zero attached hydrogens (tertiary/aromatic N) is 1. The zero-order valence-corrected chi connectivity index (χ0v) is 11.0. The first kappa shape index (κ1) is 11.6. The molecule has 0 aromatic heterocycles. The van der Waals surface area contributed by atoms with Gasteiger partial charge in [0.1, 0.15) is 5.75 Å². The standard InChI is InChI=1S/C15H19NO2/c1-10-9-18-14-8-12-6-4-3-5-11(12)7-13(14)16(2)15(10)17/h7-8,10H,3-6,9H2,1-2H3. The highest BCUT2D eigenvalue weighted by Gasteiger charge is 2.27. The topological polar surface area (TPSA) is 29.5 Å². The number of aryl methyl sites for hydroxylation is 2. The van der Waals surface area contributed by atoms with Crippen molar-refractivity contribution in [3.63, 3.8) is 0 Å². The van der Waals surface area contributed by atoms with E-state index < -0.39 is 0 Å². The first-order valence-corrected chi connectivity index (χ1v) is 6.73. The number of ether oxygens (including phenoxy) is 1. The van der Waals surface area contributed by atoms with Crippen LogP contribution < -0.4 is 9.64 Å². The Morgan fingerprint density at radius 2 is 1.89 bits per heavy atom. The third-order valence-electron chi connectivity index (χ3n) is 4.03. The lowest BCUT2D eigenvalue weighted by atomic mass is 9.91. The van der Waals surface area contributed by atoms with Gasteiger partial charge in [-0.25, -0.2) is 0 Å². The van der Waals surface area contributed by atoms with E-state index >= 15 is 0 Å². The Morgan fingerprint density at radius 1 is 1.22 bits per heavy atom. The Kier molecular flexibility index (Phi) is 2.77. The molecule has 1 unspecified atom stereocenters. The second-order valence-corrected chi connectivity index (χ2v) is 5.41. The molecule has 1 heterocycles. The summed E-state index contributed by atoms with van der Waals surface area (Å²) in [6.07, 6.45) is 4.77. The van der Waals surface area contributed by atoms with Crippen molar-refractivity contribution in [2.45, 2.75) is 32.6 Å². The van der Waals surface area contributed by atoms with Crippen LogP contribution in [0.1, 0.15) is 30.9 Å². The maximum absolute atomic E-state index is 12.1. The summed E-state index contributed by atoms with van der Waals surface area (Å²) in [5.41, 5.74) is 3.72. The van der Waals surface area contributed by atoms with E-state index in [0.29, 0.717) is 6.61 Å². The van der Waals surface area contributed by atoms with Gasteiger partial charge in [0, 0.05) is 7.05 Å². The fraction of sp³-hybridized carbons (Fsp3) is 0.533. The number of hydrogen-bond donors (Lipinski definition) is 0. The van der Waals surface area contributed by atoms with E-state index in [1.165, 1.54) is 24.0 Å². The van der Waals surface area contributed by atoms with Crippen molar-refractivity contribution >= 4 is 11.6 Å². The molecule has 96 valence electrons. The summed E-state index contributed by atoms with van der Waals surface area (Å²) in [4.78, 5) is 13.9. The minimum absolute atomic E-state index is 0.0700. The molecule has 3 nitrogen and oxygen atoms in total. The molecule has 0 saturated heterocycles. The van der Waals surface area contributed by atoms with Crippen molar-refractivity contribution in [3.8, 4) is 5.75 Å². The number of rotatable bonds is 0. The fourth-order valence-electron chi connectivity index (χ4n) is 2.86. The van der Waals surface area contributed by atoms with Gasteiger partial charge >= 0.3 is 0 Å². The Labute approximate surface area is 108 Å². The van der Waals surface area contributed by atoms with Gasteiger partial charge in [-0.15, -0.1) is 0 Å². The lowest BCUT2D eigenvalue weighted by molar-refractivity contribution is -0.122. The van der Waals surface area contributed by atoms with E-state index in [-0.39, 0.29) is 11.8 Å². The van der Waals surface area contributed by atoms with Gasteiger partial charge in [0.25, 0.3) is 0 Å². The van der Waals surface area contributed by atoms with Crippen LogP contribution in [0.25, 0.3) is 0 Å². The molecule has 1 aromatic rings. The summed E-state index contributed by atoms with van der Waals surface area (Å²) in [7, 11) is 1.85. The van der Waals surface area contributed by atoms with Crippen LogP contribution in [-0.4, -0.2) is 19.6 Å². The number of hydrogen-bond acceptors (Lipinski definition) is 2. The first-order valence-electron chi connectivity index (χ1n) is 6.73. The average Bonchev–Trinajstić information content (AvgIpc) is 2.50. The minimum atomic E-state index is -0.0700. The number of benzene rings is 1. The molecule has 1 aliphatic heterocycles. The molecule has 1 aromatic carbocycles. The van der Waals surface area contributed by atoms with E-state index in [4.69, 9.17) is 4.74 Å². The maximum atomic E-state index is 12.1. The molecule has 1 amide bonds. The summed E-state index contributed by atoms with van der Waals surface area (Å²) in [5, 5.41) is 0. The predicted molar refractivity (Wildman–Crippen MR) is 71.2 cm³/mol. The number of carbonyl (C=O) groups excluding carboxylic acids is 1. The molecular weight excluding hydrogens is 226 g/mol. The highest BCUT2D eigenvalue weighted by atomic mass is 16.5. The van der Waals surface area contributed by atoms with E-state index in [9.17, 15) is 4.79 Å². The molecule has 18 heavy (non-hydrogen) atoms. The third kappa shape index (κ3) is 1.78. The molecule has 0 saturated carbocycles. The highest BCUT2D eigenvalue weighted by molar-refractivity contribution is 5.96. The minimum Gasteiger partial charge on any atom is -0.491 e. The molecule has 0 radical (unpaired) electrons. The van der Waals surface area contributed by atoms with Gasteiger partial charge < -0.3 is 9.64 Å². The number of amides is 1. The van der Waals surface area contributed by atoms with Crippen molar-refractivity contribution in [1.82, 2.24) is 0 Å². The van der Waals surface area contributed by atoms with Gasteiger partial charge in [0.15, 0.2) is 0 Å². The van der Waals surface area contributed by atoms with E-state index in [2.05, 4.69) is 12.1 Å². The number of fused-ring (bicyclic) bond motifs is 2. The quantitative estimate of drug-likeness (QED) is 0.703. The van der Waals surface area contributed by atoms with Crippen molar-refractivity contribution in [3.05, 3.63) is 23.3 Å². The van der Waals surface area contributed by atoms with Crippen LogP contribution in [0.5, 0.6) is 5.75 Å². The van der Waals surface area contributed by atoms with Crippen LogP contribution in [0.15, 0.2) is 12.1 Å². The molecule has 3 rings (SSSR count). The largest absolute Gasteiger partial charge is 0.491 e. The monoisotopic (exact) mass is 245 g/mol. The fourth-order valence-corrected chi connectivity index (χ4v) is 2.86. The SMILES string of the molecule is CC1COc2cc3c(cc2N(C)C1=O)CCCC3. The van der Waals surface area contributed by atoms with Gasteiger partial charge in [-0.3, -0.25) is 4.79 Å². The van der Waals surface area contributed by atoms with Crippen LogP contribution in [0.4, 0.5) is 5.69 Å². The lowest BCUT2D eigenvalue weighted by Crippen LogP contribution is -2.31. The normalized spacial score (nSPS) is 22.9. The molecular formula is C15H19NO2. The molecule has 3 heteroatoms. The number of anilines is 1. The van der Waals surface area contributed by atoms with Crippen LogP contribution in [-0.2, 0) is 17.6 Å². The molecule has 2 aliphatic rings. The number of carbonyl (C=O) groups is 1. The zero-order valence-electron chi connectivity index (χ0n) is 11.0. The van der Waals surface area contributed by atoms with Crippen molar-refractivity contribution < 1.29 is 9.53 Å². The Balaban J connectivity index is 2.08. The average molecular weight is 245 g/mol. The lowest BCUT2D eigenvalue weighted by Gasteiger charge is -2.22. The van der Waals surface area contributed by atoms with E-state index in [1.54, 1.807) is 4.90 Å². The summed E-state index contributed by atoms with van der Waals surface area (Å²) >= 11 is 0. The maximum Gasteiger partial charge on any atom is 0.233 e. The predicted octanol–water partition coefficient (Wildman–Crippen LogP) is 2.56. The van der Waals surface area contributed by atoms with Gasteiger partial charge in [-0.2, -0.15) is 0 Å².